The van der Waals surface area contributed by atoms with Gasteiger partial charge in [0.2, 0.25) is 0 Å². The van der Waals surface area contributed by atoms with Crippen molar-refractivity contribution in [2.24, 2.45) is 47.3 Å². The highest BCUT2D eigenvalue weighted by Gasteiger charge is 2.47. The summed E-state index contributed by atoms with van der Waals surface area (Å²) in [5.74, 6) is 2.81. The lowest BCUT2D eigenvalue weighted by Crippen LogP contribution is -2.46. The highest BCUT2D eigenvalue weighted by molar-refractivity contribution is 4.96. The van der Waals surface area contributed by atoms with Gasteiger partial charge in [-0.2, -0.15) is 0 Å². The maximum atomic E-state index is 15.2. The molecule has 0 amide bonds. The lowest BCUT2D eigenvalue weighted by Gasteiger charge is -2.45. The van der Waals surface area contributed by atoms with Crippen LogP contribution in [0.5, 0.6) is 0 Å². The van der Waals surface area contributed by atoms with Gasteiger partial charge in [0.15, 0.2) is 0 Å². The van der Waals surface area contributed by atoms with Crippen LogP contribution in [0.15, 0.2) is 0 Å². The summed E-state index contributed by atoms with van der Waals surface area (Å²) in [5.41, 5.74) is 0. The zero-order valence-electron chi connectivity index (χ0n) is 18.7. The number of alkyl halides is 3. The summed E-state index contributed by atoms with van der Waals surface area (Å²) >= 11 is 0. The van der Waals surface area contributed by atoms with Gasteiger partial charge in [0.1, 0.15) is 18.5 Å². The van der Waals surface area contributed by atoms with E-state index in [2.05, 4.69) is 6.92 Å². The molecule has 0 N–H and O–H groups in total. The van der Waals surface area contributed by atoms with E-state index >= 15 is 8.78 Å². The normalized spacial score (nSPS) is 52.2. The lowest BCUT2D eigenvalue weighted by molar-refractivity contribution is -0.0451. The van der Waals surface area contributed by atoms with Crippen LogP contribution in [-0.2, 0) is 0 Å². The molecular formula is C26H43F3. The maximum absolute atomic E-state index is 15.2. The minimum Gasteiger partial charge on any atom is -0.247 e. The SMILES string of the molecule is CC1CCC(C2CCC(C3CCC(C4CCC(C)C(F)C4)C(F)C3F)CC2)CC1. The van der Waals surface area contributed by atoms with E-state index < -0.39 is 18.5 Å². The summed E-state index contributed by atoms with van der Waals surface area (Å²) in [5, 5.41) is 0. The minimum absolute atomic E-state index is 0.0554. The first-order chi connectivity index (χ1) is 13.9. The van der Waals surface area contributed by atoms with Crippen LogP contribution in [0.25, 0.3) is 0 Å². The van der Waals surface area contributed by atoms with Crippen LogP contribution in [0.1, 0.15) is 97.3 Å². The molecule has 0 aromatic carbocycles. The average Bonchev–Trinajstić information content (AvgIpc) is 2.73. The van der Waals surface area contributed by atoms with Crippen molar-refractivity contribution in [2.45, 2.75) is 116 Å². The standard InChI is InChI=1S/C26H43F3/c1-16-3-6-18(7-4-16)19-9-11-20(12-10-19)22-13-14-23(26(29)25(22)28)21-8-5-17(2)24(27)15-21/h16-26H,3-15H2,1-2H3. The number of rotatable bonds is 3. The van der Waals surface area contributed by atoms with Crippen molar-refractivity contribution in [3.8, 4) is 0 Å². The lowest BCUT2D eigenvalue weighted by atomic mass is 9.62. The molecular weight excluding hydrogens is 369 g/mol. The van der Waals surface area contributed by atoms with Crippen LogP contribution in [-0.4, -0.2) is 18.5 Å². The van der Waals surface area contributed by atoms with E-state index in [0.29, 0.717) is 12.3 Å². The molecule has 3 heteroatoms. The van der Waals surface area contributed by atoms with Gasteiger partial charge in [0, 0.05) is 0 Å². The van der Waals surface area contributed by atoms with Crippen LogP contribution in [0.3, 0.4) is 0 Å². The molecule has 168 valence electrons. The predicted molar refractivity (Wildman–Crippen MR) is 114 cm³/mol. The van der Waals surface area contributed by atoms with E-state index in [1.807, 2.05) is 6.92 Å². The first kappa shape index (κ1) is 22.0. The van der Waals surface area contributed by atoms with Gasteiger partial charge in [0.05, 0.1) is 0 Å². The molecule has 0 bridgehead atoms. The molecule has 4 aliphatic carbocycles. The first-order valence-electron chi connectivity index (χ1n) is 12.9. The van der Waals surface area contributed by atoms with E-state index in [1.54, 1.807) is 0 Å². The summed E-state index contributed by atoms with van der Waals surface area (Å²) in [7, 11) is 0. The molecule has 4 saturated carbocycles. The summed E-state index contributed by atoms with van der Waals surface area (Å²) in [6, 6.07) is 0. The third-order valence-corrected chi connectivity index (χ3v) is 9.85. The highest BCUT2D eigenvalue weighted by Crippen LogP contribution is 2.50. The van der Waals surface area contributed by atoms with Gasteiger partial charge in [-0.1, -0.05) is 26.7 Å². The Labute approximate surface area is 176 Å². The summed E-state index contributed by atoms with van der Waals surface area (Å²) in [6.07, 6.45) is 10.5. The molecule has 0 aromatic rings. The Hall–Kier alpha value is -0.210. The van der Waals surface area contributed by atoms with Crippen LogP contribution in [0.4, 0.5) is 13.2 Å². The second-order valence-corrected chi connectivity index (χ2v) is 11.6. The second kappa shape index (κ2) is 9.51. The molecule has 0 nitrogen and oxygen atoms in total. The molecule has 4 aliphatic rings. The van der Waals surface area contributed by atoms with Crippen LogP contribution >= 0.6 is 0 Å². The maximum Gasteiger partial charge on any atom is 0.134 e. The van der Waals surface area contributed by atoms with Crippen molar-refractivity contribution in [3.63, 3.8) is 0 Å². The Morgan fingerprint density at radius 2 is 0.931 bits per heavy atom. The molecule has 0 aliphatic heterocycles. The van der Waals surface area contributed by atoms with E-state index in [-0.39, 0.29) is 23.7 Å². The first-order valence-corrected chi connectivity index (χ1v) is 12.9. The molecule has 0 heterocycles. The number of halogens is 3. The second-order valence-electron chi connectivity index (χ2n) is 11.6. The molecule has 4 fully saturated rings. The van der Waals surface area contributed by atoms with Crippen LogP contribution in [0.2, 0.25) is 0 Å². The fourth-order valence-electron chi connectivity index (χ4n) is 7.65. The Kier molecular flexibility index (Phi) is 7.22. The Morgan fingerprint density at radius 1 is 0.483 bits per heavy atom. The van der Waals surface area contributed by atoms with Crippen LogP contribution in [0, 0.1) is 47.3 Å². The average molecular weight is 413 g/mol. The number of hydrogen-bond donors (Lipinski definition) is 0. The van der Waals surface area contributed by atoms with Gasteiger partial charge in [0.25, 0.3) is 0 Å². The van der Waals surface area contributed by atoms with E-state index in [1.165, 1.54) is 38.5 Å². The van der Waals surface area contributed by atoms with Gasteiger partial charge in [-0.25, -0.2) is 13.2 Å². The van der Waals surface area contributed by atoms with E-state index in [9.17, 15) is 4.39 Å². The Bertz CT molecular complexity index is 506. The molecule has 29 heavy (non-hydrogen) atoms. The van der Waals surface area contributed by atoms with Crippen molar-refractivity contribution in [2.75, 3.05) is 0 Å². The smallest absolute Gasteiger partial charge is 0.134 e. The molecule has 7 atom stereocenters. The fraction of sp³-hybridized carbons (Fsp3) is 1.00. The molecule has 4 rings (SSSR count). The van der Waals surface area contributed by atoms with Gasteiger partial charge >= 0.3 is 0 Å². The number of hydrogen-bond acceptors (Lipinski definition) is 0. The topological polar surface area (TPSA) is 0 Å². The minimum atomic E-state index is -1.36. The third kappa shape index (κ3) is 4.84. The summed E-state index contributed by atoms with van der Waals surface area (Å²) in [4.78, 5) is 0. The van der Waals surface area contributed by atoms with Crippen molar-refractivity contribution in [1.82, 2.24) is 0 Å². The zero-order valence-corrected chi connectivity index (χ0v) is 18.7. The Balaban J connectivity index is 1.28. The molecule has 0 saturated heterocycles. The summed E-state index contributed by atoms with van der Waals surface area (Å²) < 4.78 is 44.6. The summed E-state index contributed by atoms with van der Waals surface area (Å²) in [6.45, 7) is 4.33. The van der Waals surface area contributed by atoms with Crippen molar-refractivity contribution in [1.29, 1.82) is 0 Å². The molecule has 0 spiro atoms. The van der Waals surface area contributed by atoms with Crippen molar-refractivity contribution >= 4 is 0 Å². The van der Waals surface area contributed by atoms with Gasteiger partial charge in [-0.3, -0.25) is 0 Å². The van der Waals surface area contributed by atoms with Gasteiger partial charge in [-0.05, 0) is 118 Å². The zero-order chi connectivity index (χ0) is 20.5. The Morgan fingerprint density at radius 3 is 1.48 bits per heavy atom. The fourth-order valence-corrected chi connectivity index (χ4v) is 7.65. The monoisotopic (exact) mass is 412 g/mol. The third-order valence-electron chi connectivity index (χ3n) is 9.85. The van der Waals surface area contributed by atoms with Gasteiger partial charge in [-0.15, -0.1) is 0 Å². The van der Waals surface area contributed by atoms with Crippen molar-refractivity contribution in [3.05, 3.63) is 0 Å². The molecule has 7 unspecified atom stereocenters. The van der Waals surface area contributed by atoms with Gasteiger partial charge < -0.3 is 0 Å². The van der Waals surface area contributed by atoms with Crippen LogP contribution < -0.4 is 0 Å². The molecule has 0 radical (unpaired) electrons. The predicted octanol–water partition coefficient (Wildman–Crippen LogP) is 8.10. The largest absolute Gasteiger partial charge is 0.247 e. The van der Waals surface area contributed by atoms with Crippen molar-refractivity contribution < 1.29 is 13.2 Å². The molecule has 0 aromatic heterocycles. The van der Waals surface area contributed by atoms with E-state index in [0.717, 1.165) is 56.3 Å². The highest BCUT2D eigenvalue weighted by atomic mass is 19.2. The quantitative estimate of drug-likeness (QED) is 0.439. The van der Waals surface area contributed by atoms with E-state index in [4.69, 9.17) is 0 Å².